The first-order chi connectivity index (χ1) is 11.9. The lowest BCUT2D eigenvalue weighted by atomic mass is 10.1. The van der Waals surface area contributed by atoms with Crippen molar-refractivity contribution in [3.63, 3.8) is 0 Å². The summed E-state index contributed by atoms with van der Waals surface area (Å²) in [5.41, 5.74) is 2.31. The summed E-state index contributed by atoms with van der Waals surface area (Å²) in [5, 5.41) is 2.58. The Labute approximate surface area is 144 Å². The quantitative estimate of drug-likeness (QED) is 0.471. The van der Waals surface area contributed by atoms with Crippen LogP contribution in [0.25, 0.3) is 20.2 Å². The van der Waals surface area contributed by atoms with E-state index in [1.54, 1.807) is 0 Å². The summed E-state index contributed by atoms with van der Waals surface area (Å²) >= 11 is 1.81. The van der Waals surface area contributed by atoms with Crippen molar-refractivity contribution >= 4 is 37.4 Å². The molecular formula is C21H15NOS. The third-order valence-electron chi connectivity index (χ3n) is 4.47. The molecule has 2 heterocycles. The minimum atomic E-state index is 0.0887. The highest BCUT2D eigenvalue weighted by molar-refractivity contribution is 7.26. The maximum Gasteiger partial charge on any atom is 0.218 e. The smallest absolute Gasteiger partial charge is 0.218 e. The van der Waals surface area contributed by atoms with Crippen LogP contribution in [0.3, 0.4) is 0 Å². The Kier molecular flexibility index (Phi) is 3.13. The molecule has 2 nitrogen and oxygen atoms in total. The van der Waals surface area contributed by atoms with Gasteiger partial charge in [-0.2, -0.15) is 0 Å². The number of nitrogens with zero attached hydrogens (tertiary/aromatic N) is 1. The van der Waals surface area contributed by atoms with Crippen LogP contribution in [-0.2, 0) is 4.74 Å². The summed E-state index contributed by atoms with van der Waals surface area (Å²) in [6.07, 6.45) is 0. The monoisotopic (exact) mass is 329 g/mol. The van der Waals surface area contributed by atoms with E-state index < -0.39 is 0 Å². The van der Waals surface area contributed by atoms with E-state index in [-0.39, 0.29) is 6.04 Å². The van der Waals surface area contributed by atoms with Gasteiger partial charge in [0.1, 0.15) is 12.6 Å². The van der Waals surface area contributed by atoms with E-state index >= 15 is 0 Å². The van der Waals surface area contributed by atoms with E-state index in [1.165, 1.54) is 25.7 Å². The highest BCUT2D eigenvalue weighted by atomic mass is 32.1. The maximum absolute atomic E-state index is 5.97. The highest BCUT2D eigenvalue weighted by Gasteiger charge is 2.23. The summed E-state index contributed by atoms with van der Waals surface area (Å²) in [7, 11) is 0. The first kappa shape index (κ1) is 13.8. The number of hydrogen-bond donors (Lipinski definition) is 0. The minimum absolute atomic E-state index is 0.0887. The van der Waals surface area contributed by atoms with E-state index in [1.807, 2.05) is 17.4 Å². The van der Waals surface area contributed by atoms with Gasteiger partial charge >= 0.3 is 0 Å². The number of benzene rings is 3. The second-order valence-corrected chi connectivity index (χ2v) is 7.00. The molecule has 1 aliphatic heterocycles. The predicted octanol–water partition coefficient (Wildman–Crippen LogP) is 5.57. The third kappa shape index (κ3) is 2.13. The third-order valence-corrected chi connectivity index (χ3v) is 5.69. The Hall–Kier alpha value is -2.65. The van der Waals surface area contributed by atoms with Gasteiger partial charge in [-0.15, -0.1) is 11.3 Å². The molecule has 0 saturated heterocycles. The molecule has 1 aromatic heterocycles. The fraction of sp³-hybridized carbons (Fsp3) is 0.0952. The van der Waals surface area contributed by atoms with Crippen LogP contribution in [0.15, 0.2) is 77.8 Å². The lowest BCUT2D eigenvalue weighted by Crippen LogP contribution is -2.01. The molecule has 0 radical (unpaired) electrons. The van der Waals surface area contributed by atoms with Gasteiger partial charge in [0.2, 0.25) is 5.90 Å². The molecule has 0 fully saturated rings. The molecule has 24 heavy (non-hydrogen) atoms. The van der Waals surface area contributed by atoms with Crippen molar-refractivity contribution in [2.45, 2.75) is 6.04 Å². The molecule has 116 valence electrons. The number of thiophene rings is 1. The summed E-state index contributed by atoms with van der Waals surface area (Å²) in [4.78, 5) is 4.85. The van der Waals surface area contributed by atoms with Crippen LogP contribution < -0.4 is 0 Å². The zero-order chi connectivity index (χ0) is 15.9. The lowest BCUT2D eigenvalue weighted by molar-refractivity contribution is 0.320. The van der Waals surface area contributed by atoms with Crippen molar-refractivity contribution < 1.29 is 4.74 Å². The molecule has 1 aliphatic rings. The summed E-state index contributed by atoms with van der Waals surface area (Å²) in [5.74, 6) is 0.765. The molecule has 4 aromatic rings. The van der Waals surface area contributed by atoms with Crippen LogP contribution in [0, 0.1) is 0 Å². The Balaban J connectivity index is 1.65. The van der Waals surface area contributed by atoms with Crippen LogP contribution in [0.2, 0.25) is 0 Å². The molecular weight excluding hydrogens is 314 g/mol. The molecule has 0 aliphatic carbocycles. The molecule has 3 heteroatoms. The van der Waals surface area contributed by atoms with Crippen molar-refractivity contribution in [2.24, 2.45) is 4.99 Å². The first-order valence-corrected chi connectivity index (χ1v) is 8.88. The van der Waals surface area contributed by atoms with Crippen LogP contribution in [0.4, 0.5) is 0 Å². The highest BCUT2D eigenvalue weighted by Crippen LogP contribution is 2.37. The summed E-state index contributed by atoms with van der Waals surface area (Å²) < 4.78 is 8.53. The largest absolute Gasteiger partial charge is 0.475 e. The topological polar surface area (TPSA) is 21.6 Å². The van der Waals surface area contributed by atoms with Crippen LogP contribution >= 0.6 is 11.3 Å². The van der Waals surface area contributed by atoms with Gasteiger partial charge in [0.15, 0.2) is 0 Å². The standard InChI is InChI=1S/C21H15NOS/c1-2-7-14(8-3-1)18-13-23-21(22-18)17-11-6-10-16-15-9-4-5-12-19(15)24-20(16)17/h1-12,18H,13H2/t18-/m0/s1. The van der Waals surface area contributed by atoms with E-state index in [4.69, 9.17) is 9.73 Å². The van der Waals surface area contributed by atoms with Crippen molar-refractivity contribution in [1.29, 1.82) is 0 Å². The Bertz CT molecular complexity index is 1070. The normalized spacial score (nSPS) is 17.2. The molecule has 0 unspecified atom stereocenters. The zero-order valence-corrected chi connectivity index (χ0v) is 13.8. The Morgan fingerprint density at radius 3 is 2.54 bits per heavy atom. The van der Waals surface area contributed by atoms with Crippen molar-refractivity contribution in [1.82, 2.24) is 0 Å². The SMILES string of the molecule is c1ccc([C@@H]2COC(c3cccc4c3sc3ccccc34)=N2)cc1. The predicted molar refractivity (Wildman–Crippen MR) is 101 cm³/mol. The van der Waals surface area contributed by atoms with E-state index in [0.717, 1.165) is 11.5 Å². The molecule has 3 aromatic carbocycles. The number of aliphatic imine (C=N–C) groups is 1. The summed E-state index contributed by atoms with van der Waals surface area (Å²) in [6.45, 7) is 0.612. The maximum atomic E-state index is 5.97. The zero-order valence-electron chi connectivity index (χ0n) is 13.0. The Morgan fingerprint density at radius 2 is 1.62 bits per heavy atom. The van der Waals surface area contributed by atoms with Crippen LogP contribution in [-0.4, -0.2) is 12.5 Å². The van der Waals surface area contributed by atoms with Crippen molar-refractivity contribution in [3.05, 3.63) is 83.9 Å². The average molecular weight is 329 g/mol. The van der Waals surface area contributed by atoms with Crippen molar-refractivity contribution in [3.8, 4) is 0 Å². The number of ether oxygens (including phenoxy) is 1. The van der Waals surface area contributed by atoms with Gasteiger partial charge in [0.25, 0.3) is 0 Å². The van der Waals surface area contributed by atoms with Gasteiger partial charge in [-0.25, -0.2) is 4.99 Å². The fourth-order valence-electron chi connectivity index (χ4n) is 3.28. The number of fused-ring (bicyclic) bond motifs is 3. The molecule has 0 bridgehead atoms. The lowest BCUT2D eigenvalue weighted by Gasteiger charge is -2.03. The molecule has 0 amide bonds. The molecule has 0 spiro atoms. The fourth-order valence-corrected chi connectivity index (χ4v) is 4.49. The van der Waals surface area contributed by atoms with Gasteiger partial charge in [0, 0.05) is 20.2 Å². The molecule has 0 saturated carbocycles. The van der Waals surface area contributed by atoms with E-state index in [9.17, 15) is 0 Å². The first-order valence-electron chi connectivity index (χ1n) is 8.06. The van der Waals surface area contributed by atoms with Gasteiger partial charge < -0.3 is 4.74 Å². The van der Waals surface area contributed by atoms with Crippen LogP contribution in [0.5, 0.6) is 0 Å². The minimum Gasteiger partial charge on any atom is -0.475 e. The second-order valence-electron chi connectivity index (χ2n) is 5.95. The van der Waals surface area contributed by atoms with Gasteiger partial charge in [-0.3, -0.25) is 0 Å². The van der Waals surface area contributed by atoms with E-state index in [2.05, 4.69) is 66.7 Å². The molecule has 0 N–H and O–H groups in total. The molecule has 1 atom stereocenters. The van der Waals surface area contributed by atoms with Crippen LogP contribution in [0.1, 0.15) is 17.2 Å². The average Bonchev–Trinajstić information content (AvgIpc) is 3.27. The van der Waals surface area contributed by atoms with Crippen molar-refractivity contribution in [2.75, 3.05) is 6.61 Å². The number of rotatable bonds is 2. The van der Waals surface area contributed by atoms with Gasteiger partial charge in [-0.05, 0) is 17.7 Å². The van der Waals surface area contributed by atoms with E-state index in [0.29, 0.717) is 6.61 Å². The van der Waals surface area contributed by atoms with Gasteiger partial charge in [0.05, 0.1) is 5.56 Å². The van der Waals surface area contributed by atoms with Gasteiger partial charge in [-0.1, -0.05) is 60.7 Å². The Morgan fingerprint density at radius 1 is 0.833 bits per heavy atom. The second kappa shape index (κ2) is 5.46. The molecule has 5 rings (SSSR count). The summed E-state index contributed by atoms with van der Waals surface area (Å²) in [6, 6.07) is 25.4. The number of hydrogen-bond acceptors (Lipinski definition) is 3.